The Morgan fingerprint density at radius 1 is 0.875 bits per heavy atom. The smallest absolute Gasteiger partial charge is 0.135 e. The zero-order valence-electron chi connectivity index (χ0n) is 8.48. The molecule has 0 amide bonds. The summed E-state index contributed by atoms with van der Waals surface area (Å²) >= 11 is 6.19. The van der Waals surface area contributed by atoms with Gasteiger partial charge in [-0.2, -0.15) is 0 Å². The molecule has 0 spiro atoms. The molecule has 0 aliphatic heterocycles. The molecule has 3 aromatic rings. The second kappa shape index (κ2) is 3.69. The van der Waals surface area contributed by atoms with Gasteiger partial charge in [-0.15, -0.1) is 0 Å². The fraction of sp³-hybridized carbons (Fsp3) is 0. The summed E-state index contributed by atoms with van der Waals surface area (Å²) in [6, 6.07) is 16.0. The highest BCUT2D eigenvalue weighted by Crippen LogP contribution is 2.31. The highest BCUT2D eigenvalue weighted by Gasteiger charge is 2.05. The lowest BCUT2D eigenvalue weighted by atomic mass is 10.0. The van der Waals surface area contributed by atoms with Crippen molar-refractivity contribution in [2.45, 2.75) is 0 Å². The Morgan fingerprint density at radius 2 is 1.69 bits per heavy atom. The topological polar surface area (TPSA) is 13.1 Å². The number of hydrogen-bond acceptors (Lipinski definition) is 1. The molecule has 0 saturated carbocycles. The molecule has 0 saturated heterocycles. The quantitative estimate of drug-likeness (QED) is 0.586. The summed E-state index contributed by atoms with van der Waals surface area (Å²) in [5.74, 6) is 0. The first-order valence-electron chi connectivity index (χ1n) is 5.07. The minimum Gasteiger partial charge on any atom is -0.464 e. The third kappa shape index (κ3) is 1.50. The van der Waals surface area contributed by atoms with E-state index >= 15 is 0 Å². The van der Waals surface area contributed by atoms with E-state index in [1.54, 1.807) is 6.26 Å². The van der Waals surface area contributed by atoms with Crippen LogP contribution in [-0.4, -0.2) is 0 Å². The van der Waals surface area contributed by atoms with Crippen molar-refractivity contribution in [3.63, 3.8) is 0 Å². The predicted molar refractivity (Wildman–Crippen MR) is 66.7 cm³/mol. The third-order valence-corrected chi connectivity index (χ3v) is 2.94. The van der Waals surface area contributed by atoms with E-state index < -0.39 is 0 Å². The molecule has 1 nitrogen and oxygen atoms in total. The molecule has 0 N–H and O–H groups in total. The maximum atomic E-state index is 6.19. The summed E-state index contributed by atoms with van der Waals surface area (Å²) in [6.45, 7) is 0. The molecule has 16 heavy (non-hydrogen) atoms. The molecule has 0 bridgehead atoms. The van der Waals surface area contributed by atoms with Crippen molar-refractivity contribution < 1.29 is 4.42 Å². The number of hydrogen-bond donors (Lipinski definition) is 0. The lowest BCUT2D eigenvalue weighted by Crippen LogP contribution is -1.77. The Bertz CT molecular complexity index is 626. The van der Waals surface area contributed by atoms with Crippen molar-refractivity contribution in [1.29, 1.82) is 0 Å². The number of benzene rings is 2. The van der Waals surface area contributed by atoms with Crippen molar-refractivity contribution in [3.05, 3.63) is 59.8 Å². The van der Waals surface area contributed by atoms with Crippen LogP contribution in [0.1, 0.15) is 0 Å². The van der Waals surface area contributed by atoms with Gasteiger partial charge in [0.15, 0.2) is 0 Å². The van der Waals surface area contributed by atoms with Gasteiger partial charge in [0.1, 0.15) is 5.58 Å². The Morgan fingerprint density at radius 3 is 2.50 bits per heavy atom. The van der Waals surface area contributed by atoms with Crippen LogP contribution in [0.25, 0.3) is 22.1 Å². The van der Waals surface area contributed by atoms with Crippen molar-refractivity contribution in [2.24, 2.45) is 0 Å². The van der Waals surface area contributed by atoms with Gasteiger partial charge in [-0.05, 0) is 29.3 Å². The van der Waals surface area contributed by atoms with Crippen LogP contribution in [0.15, 0.2) is 59.2 Å². The summed E-state index contributed by atoms with van der Waals surface area (Å²) in [7, 11) is 0. The molecule has 0 atom stereocenters. The minimum atomic E-state index is 0.727. The van der Waals surface area contributed by atoms with Gasteiger partial charge in [-0.1, -0.05) is 41.9 Å². The van der Waals surface area contributed by atoms with Gasteiger partial charge < -0.3 is 4.42 Å². The lowest BCUT2D eigenvalue weighted by molar-refractivity contribution is 0.616. The largest absolute Gasteiger partial charge is 0.464 e. The van der Waals surface area contributed by atoms with Gasteiger partial charge in [-0.3, -0.25) is 0 Å². The SMILES string of the molecule is Clc1cc(-c2ccccc2)cc2occc12. The highest BCUT2D eigenvalue weighted by atomic mass is 35.5. The third-order valence-electron chi connectivity index (χ3n) is 2.63. The first-order chi connectivity index (χ1) is 7.84. The van der Waals surface area contributed by atoms with Crippen LogP contribution < -0.4 is 0 Å². The van der Waals surface area contributed by atoms with Gasteiger partial charge in [0.2, 0.25) is 0 Å². The molecule has 0 unspecified atom stereocenters. The summed E-state index contributed by atoms with van der Waals surface area (Å²) in [5.41, 5.74) is 3.04. The number of fused-ring (bicyclic) bond motifs is 1. The molecule has 0 aliphatic carbocycles. The van der Waals surface area contributed by atoms with Crippen LogP contribution in [0, 0.1) is 0 Å². The Labute approximate surface area is 98.3 Å². The van der Waals surface area contributed by atoms with E-state index in [1.165, 1.54) is 0 Å². The minimum absolute atomic E-state index is 0.727. The lowest BCUT2D eigenvalue weighted by Gasteiger charge is -2.02. The summed E-state index contributed by atoms with van der Waals surface area (Å²) in [4.78, 5) is 0. The van der Waals surface area contributed by atoms with Crippen LogP contribution in [0.2, 0.25) is 5.02 Å². The summed E-state index contributed by atoms with van der Waals surface area (Å²) in [6.07, 6.45) is 1.66. The Hall–Kier alpha value is -1.73. The van der Waals surface area contributed by atoms with Crippen LogP contribution in [0.3, 0.4) is 0 Å². The Balaban J connectivity index is 2.25. The maximum absolute atomic E-state index is 6.19. The van der Waals surface area contributed by atoms with Crippen molar-refractivity contribution in [3.8, 4) is 11.1 Å². The highest BCUT2D eigenvalue weighted by molar-refractivity contribution is 6.35. The summed E-state index contributed by atoms with van der Waals surface area (Å²) < 4.78 is 5.38. The fourth-order valence-electron chi connectivity index (χ4n) is 1.82. The molecule has 1 heterocycles. The predicted octanol–water partition coefficient (Wildman–Crippen LogP) is 4.75. The number of rotatable bonds is 1. The molecule has 0 aliphatic rings. The molecule has 2 heteroatoms. The van der Waals surface area contributed by atoms with E-state index in [-0.39, 0.29) is 0 Å². The first-order valence-corrected chi connectivity index (χ1v) is 5.44. The number of furan rings is 1. The van der Waals surface area contributed by atoms with E-state index in [4.69, 9.17) is 16.0 Å². The van der Waals surface area contributed by atoms with Crippen LogP contribution in [-0.2, 0) is 0 Å². The van der Waals surface area contributed by atoms with Gasteiger partial charge >= 0.3 is 0 Å². The monoisotopic (exact) mass is 228 g/mol. The maximum Gasteiger partial charge on any atom is 0.135 e. The second-order valence-corrected chi connectivity index (χ2v) is 4.06. The second-order valence-electron chi connectivity index (χ2n) is 3.66. The van der Waals surface area contributed by atoms with Crippen molar-refractivity contribution >= 4 is 22.6 Å². The average molecular weight is 229 g/mol. The van der Waals surface area contributed by atoms with E-state index in [9.17, 15) is 0 Å². The van der Waals surface area contributed by atoms with Crippen LogP contribution in [0.4, 0.5) is 0 Å². The van der Waals surface area contributed by atoms with Crippen LogP contribution in [0.5, 0.6) is 0 Å². The van der Waals surface area contributed by atoms with E-state index in [0.29, 0.717) is 0 Å². The van der Waals surface area contributed by atoms with Gasteiger partial charge in [-0.25, -0.2) is 0 Å². The Kier molecular flexibility index (Phi) is 2.19. The molecular weight excluding hydrogens is 220 g/mol. The zero-order valence-corrected chi connectivity index (χ0v) is 9.24. The van der Waals surface area contributed by atoms with Gasteiger partial charge in [0, 0.05) is 5.39 Å². The molecule has 78 valence electrons. The first kappa shape index (κ1) is 9.49. The molecule has 2 aromatic carbocycles. The van der Waals surface area contributed by atoms with Crippen molar-refractivity contribution in [1.82, 2.24) is 0 Å². The van der Waals surface area contributed by atoms with Crippen LogP contribution >= 0.6 is 11.6 Å². The molecular formula is C14H9ClO. The van der Waals surface area contributed by atoms with E-state index in [1.807, 2.05) is 36.4 Å². The van der Waals surface area contributed by atoms with Gasteiger partial charge in [0.25, 0.3) is 0 Å². The molecule has 1 aromatic heterocycles. The van der Waals surface area contributed by atoms with Crippen molar-refractivity contribution in [2.75, 3.05) is 0 Å². The molecule has 0 radical (unpaired) electrons. The van der Waals surface area contributed by atoms with E-state index in [0.717, 1.165) is 27.1 Å². The zero-order chi connectivity index (χ0) is 11.0. The van der Waals surface area contributed by atoms with Gasteiger partial charge in [0.05, 0.1) is 11.3 Å². The standard InChI is InChI=1S/C14H9ClO/c15-13-8-11(10-4-2-1-3-5-10)9-14-12(13)6-7-16-14/h1-9H. The normalized spacial score (nSPS) is 10.8. The van der Waals surface area contributed by atoms with E-state index in [2.05, 4.69) is 12.1 Å². The summed E-state index contributed by atoms with van der Waals surface area (Å²) in [5, 5.41) is 1.69. The molecule has 3 rings (SSSR count). The average Bonchev–Trinajstić information content (AvgIpc) is 2.79. The number of halogens is 1. The molecule has 0 fully saturated rings. The fourth-order valence-corrected chi connectivity index (χ4v) is 2.10.